The van der Waals surface area contributed by atoms with E-state index in [1.807, 2.05) is 6.92 Å². The maximum absolute atomic E-state index is 12.1. The lowest BCUT2D eigenvalue weighted by molar-refractivity contribution is -0.136. The Bertz CT molecular complexity index is 253. The van der Waals surface area contributed by atoms with Crippen LogP contribution in [0, 0.1) is 0 Å². The Kier molecular flexibility index (Phi) is 2.70. The zero-order valence-corrected chi connectivity index (χ0v) is 8.94. The first-order valence-corrected chi connectivity index (χ1v) is 5.43. The lowest BCUT2D eigenvalue weighted by Crippen LogP contribution is -2.52. The van der Waals surface area contributed by atoms with Crippen LogP contribution >= 0.6 is 0 Å². The highest BCUT2D eigenvalue weighted by Gasteiger charge is 2.42. The number of carbonyl (C=O) groups excluding carboxylic acids is 1. The molecule has 15 heavy (non-hydrogen) atoms. The summed E-state index contributed by atoms with van der Waals surface area (Å²) >= 11 is 0. The van der Waals surface area contributed by atoms with E-state index in [2.05, 4.69) is 5.32 Å². The average molecular weight is 214 g/mol. The van der Waals surface area contributed by atoms with Gasteiger partial charge in [-0.1, -0.05) is 0 Å². The van der Waals surface area contributed by atoms with Crippen molar-refractivity contribution >= 4 is 5.91 Å². The van der Waals surface area contributed by atoms with Gasteiger partial charge in [0.05, 0.1) is 17.7 Å². The molecule has 5 heteroatoms. The molecular weight excluding hydrogens is 196 g/mol. The molecule has 0 aromatic heterocycles. The van der Waals surface area contributed by atoms with E-state index in [4.69, 9.17) is 0 Å². The monoisotopic (exact) mass is 214 g/mol. The van der Waals surface area contributed by atoms with Gasteiger partial charge in [0.25, 0.3) is 0 Å². The lowest BCUT2D eigenvalue weighted by Gasteiger charge is -2.28. The van der Waals surface area contributed by atoms with Crippen LogP contribution in [-0.4, -0.2) is 58.4 Å². The number of likely N-dealkylation sites (tertiary alicyclic amines) is 1. The Morgan fingerprint density at radius 3 is 2.47 bits per heavy atom. The third-order valence-electron chi connectivity index (χ3n) is 3.39. The fraction of sp³-hybridized carbons (Fsp3) is 0.900. The summed E-state index contributed by atoms with van der Waals surface area (Å²) in [6.45, 7) is 3.25. The van der Waals surface area contributed by atoms with E-state index in [0.29, 0.717) is 0 Å². The number of hydrogen-bond acceptors (Lipinski definition) is 4. The Hall–Kier alpha value is -0.650. The number of rotatable bonds is 1. The van der Waals surface area contributed by atoms with Gasteiger partial charge in [0.1, 0.15) is 0 Å². The predicted octanol–water partition coefficient (Wildman–Crippen LogP) is -1.31. The Morgan fingerprint density at radius 2 is 2.00 bits per heavy atom. The quantitative estimate of drug-likeness (QED) is 0.507. The third-order valence-corrected chi connectivity index (χ3v) is 3.39. The number of amides is 1. The summed E-state index contributed by atoms with van der Waals surface area (Å²) in [6.07, 6.45) is 0.244. The Morgan fingerprint density at radius 1 is 1.40 bits per heavy atom. The molecule has 0 radical (unpaired) electrons. The minimum Gasteiger partial charge on any atom is -0.388 e. The van der Waals surface area contributed by atoms with Crippen LogP contribution in [0.2, 0.25) is 0 Å². The van der Waals surface area contributed by atoms with Gasteiger partial charge in [0, 0.05) is 13.1 Å². The summed E-state index contributed by atoms with van der Waals surface area (Å²) in [6, 6.07) is 0. The van der Waals surface area contributed by atoms with Crippen molar-refractivity contribution in [3.05, 3.63) is 0 Å². The number of carbonyl (C=O) groups is 1. The molecule has 86 valence electrons. The number of hydrogen-bond donors (Lipinski definition) is 3. The van der Waals surface area contributed by atoms with Crippen molar-refractivity contribution in [3.8, 4) is 0 Å². The van der Waals surface area contributed by atoms with E-state index >= 15 is 0 Å². The fourth-order valence-electron chi connectivity index (χ4n) is 2.36. The summed E-state index contributed by atoms with van der Waals surface area (Å²) < 4.78 is 0. The van der Waals surface area contributed by atoms with Crippen molar-refractivity contribution in [2.45, 2.75) is 37.5 Å². The van der Waals surface area contributed by atoms with Crippen molar-refractivity contribution in [3.63, 3.8) is 0 Å². The molecule has 2 fully saturated rings. The maximum Gasteiger partial charge on any atom is 0.242 e. The molecule has 1 amide bonds. The first-order valence-electron chi connectivity index (χ1n) is 5.43. The molecule has 0 spiro atoms. The summed E-state index contributed by atoms with van der Waals surface area (Å²) in [5.74, 6) is -0.00407. The van der Waals surface area contributed by atoms with Crippen LogP contribution in [0.1, 0.15) is 19.8 Å². The second kappa shape index (κ2) is 3.73. The van der Waals surface area contributed by atoms with Crippen molar-refractivity contribution in [1.82, 2.24) is 10.2 Å². The number of aliphatic hydroxyl groups excluding tert-OH is 2. The van der Waals surface area contributed by atoms with Gasteiger partial charge in [-0.2, -0.15) is 0 Å². The topological polar surface area (TPSA) is 72.8 Å². The number of aliphatic hydroxyl groups is 2. The highest BCUT2D eigenvalue weighted by Crippen LogP contribution is 2.23. The second-order valence-electron chi connectivity index (χ2n) is 4.71. The van der Waals surface area contributed by atoms with Crippen LogP contribution in [0.4, 0.5) is 0 Å². The standard InChI is InChI=1S/C10H18N2O3/c1-10(3-2-4-11-10)9(15)12-5-7(13)8(14)6-12/h7-8,11,13-14H,2-6H2,1H3. The Labute approximate surface area is 89.1 Å². The highest BCUT2D eigenvalue weighted by molar-refractivity contribution is 5.86. The molecule has 3 N–H and O–H groups in total. The molecule has 2 rings (SSSR count). The predicted molar refractivity (Wildman–Crippen MR) is 54.2 cm³/mol. The molecule has 0 saturated carbocycles. The smallest absolute Gasteiger partial charge is 0.242 e. The molecule has 3 unspecified atom stereocenters. The summed E-state index contributed by atoms with van der Waals surface area (Å²) in [7, 11) is 0. The zero-order valence-electron chi connectivity index (χ0n) is 8.94. The molecule has 5 nitrogen and oxygen atoms in total. The number of β-amino-alcohol motifs (C(OH)–C–C–N with tert-alkyl or cyclic N) is 2. The van der Waals surface area contributed by atoms with Crippen LogP contribution in [0.3, 0.4) is 0 Å². The van der Waals surface area contributed by atoms with Gasteiger partial charge in [-0.3, -0.25) is 4.79 Å². The van der Waals surface area contributed by atoms with Crippen molar-refractivity contribution in [1.29, 1.82) is 0 Å². The summed E-state index contributed by atoms with van der Waals surface area (Å²) in [5.41, 5.74) is -0.496. The molecule has 3 atom stereocenters. The SMILES string of the molecule is CC1(C(=O)N2CC(O)C(O)C2)CCCN1. The van der Waals surface area contributed by atoms with Crippen LogP contribution in [0.5, 0.6) is 0 Å². The van der Waals surface area contributed by atoms with Crippen LogP contribution < -0.4 is 5.32 Å². The van der Waals surface area contributed by atoms with E-state index in [9.17, 15) is 15.0 Å². The number of nitrogens with one attached hydrogen (secondary N) is 1. The van der Waals surface area contributed by atoms with Crippen molar-refractivity contribution < 1.29 is 15.0 Å². The molecule has 2 aliphatic heterocycles. The number of nitrogens with zero attached hydrogens (tertiary/aromatic N) is 1. The lowest BCUT2D eigenvalue weighted by atomic mass is 9.99. The Balaban J connectivity index is 2.02. The highest BCUT2D eigenvalue weighted by atomic mass is 16.3. The molecule has 2 saturated heterocycles. The second-order valence-corrected chi connectivity index (χ2v) is 4.71. The van der Waals surface area contributed by atoms with Crippen LogP contribution in [-0.2, 0) is 4.79 Å². The largest absolute Gasteiger partial charge is 0.388 e. The molecule has 2 aliphatic rings. The van der Waals surface area contributed by atoms with Gasteiger partial charge in [-0.25, -0.2) is 0 Å². The third kappa shape index (κ3) is 1.87. The molecule has 0 bridgehead atoms. The summed E-state index contributed by atoms with van der Waals surface area (Å²) in [4.78, 5) is 13.7. The van der Waals surface area contributed by atoms with Gasteiger partial charge in [0.2, 0.25) is 5.91 Å². The molecule has 2 heterocycles. The normalized spacial score (nSPS) is 41.1. The average Bonchev–Trinajstić information content (AvgIpc) is 2.75. The zero-order chi connectivity index (χ0) is 11.1. The van der Waals surface area contributed by atoms with Gasteiger partial charge in [0.15, 0.2) is 0 Å². The van der Waals surface area contributed by atoms with E-state index in [1.165, 1.54) is 0 Å². The van der Waals surface area contributed by atoms with Crippen molar-refractivity contribution in [2.75, 3.05) is 19.6 Å². The minimum atomic E-state index is -0.793. The van der Waals surface area contributed by atoms with Crippen LogP contribution in [0.15, 0.2) is 0 Å². The first-order chi connectivity index (χ1) is 7.03. The van der Waals surface area contributed by atoms with E-state index < -0.39 is 17.7 Å². The van der Waals surface area contributed by atoms with Gasteiger partial charge >= 0.3 is 0 Å². The van der Waals surface area contributed by atoms with Gasteiger partial charge in [-0.15, -0.1) is 0 Å². The summed E-state index contributed by atoms with van der Waals surface area (Å²) in [5, 5.41) is 21.9. The van der Waals surface area contributed by atoms with Gasteiger partial charge in [-0.05, 0) is 26.3 Å². The first kappa shape index (κ1) is 10.9. The molecule has 0 aliphatic carbocycles. The molecule has 0 aromatic carbocycles. The van der Waals surface area contributed by atoms with E-state index in [-0.39, 0.29) is 19.0 Å². The van der Waals surface area contributed by atoms with Crippen LogP contribution in [0.25, 0.3) is 0 Å². The molecule has 0 aromatic rings. The van der Waals surface area contributed by atoms with Gasteiger partial charge < -0.3 is 20.4 Å². The minimum absolute atomic E-state index is 0.00407. The van der Waals surface area contributed by atoms with Crippen molar-refractivity contribution in [2.24, 2.45) is 0 Å². The maximum atomic E-state index is 12.1. The van der Waals surface area contributed by atoms with E-state index in [1.54, 1.807) is 4.90 Å². The molecular formula is C10H18N2O3. The van der Waals surface area contributed by atoms with E-state index in [0.717, 1.165) is 19.4 Å². The fourth-order valence-corrected chi connectivity index (χ4v) is 2.36.